The Hall–Kier alpha value is -2.93. The van der Waals surface area contributed by atoms with Gasteiger partial charge in [-0.2, -0.15) is 0 Å². The summed E-state index contributed by atoms with van der Waals surface area (Å²) in [5.41, 5.74) is 0.116. The number of aliphatic carboxylic acids is 1. The molecule has 0 aliphatic carbocycles. The Morgan fingerprint density at radius 2 is 1.94 bits per heavy atom. The normalized spacial score (nSPS) is 11.2. The van der Waals surface area contributed by atoms with Gasteiger partial charge in [0, 0.05) is 19.4 Å². The summed E-state index contributed by atoms with van der Waals surface area (Å²) in [5, 5.41) is 16.4. The van der Waals surface area contributed by atoms with Gasteiger partial charge in [0.15, 0.2) is 0 Å². The fourth-order valence-electron chi connectivity index (χ4n) is 2.46. The van der Waals surface area contributed by atoms with Gasteiger partial charge < -0.3 is 24.3 Å². The molecule has 2 rings (SSSR count). The number of carboxylic acid groups (broad SMARTS) is 1. The van der Waals surface area contributed by atoms with Crippen LogP contribution in [0.5, 0.6) is 0 Å². The van der Waals surface area contributed by atoms with Crippen LogP contribution in [0.2, 0.25) is 5.02 Å². The summed E-state index contributed by atoms with van der Waals surface area (Å²) in [6.07, 6.45) is 1.47. The third-order valence-corrected chi connectivity index (χ3v) is 5.39. The SMILES string of the molecule is NS(=O)(=O)c1cc(C(=O)OCCCOCCC(=O)C(=O)O)c(NCc2ccco2)cc1Cl. The van der Waals surface area contributed by atoms with Crippen molar-refractivity contribution in [3.63, 3.8) is 0 Å². The predicted molar refractivity (Wildman–Crippen MR) is 112 cm³/mol. The van der Waals surface area contributed by atoms with Crippen molar-refractivity contribution in [1.82, 2.24) is 0 Å². The van der Waals surface area contributed by atoms with E-state index >= 15 is 0 Å². The summed E-state index contributed by atoms with van der Waals surface area (Å²) in [6, 6.07) is 5.67. The minimum atomic E-state index is -4.19. The van der Waals surface area contributed by atoms with E-state index in [4.69, 9.17) is 35.7 Å². The number of esters is 1. The van der Waals surface area contributed by atoms with E-state index in [0.29, 0.717) is 5.76 Å². The molecule has 0 saturated carbocycles. The maximum absolute atomic E-state index is 12.6. The number of carbonyl (C=O) groups is 3. The number of hydrogen-bond acceptors (Lipinski definition) is 9. The van der Waals surface area contributed by atoms with Crippen molar-refractivity contribution < 1.29 is 41.8 Å². The van der Waals surface area contributed by atoms with E-state index in [1.807, 2.05) is 0 Å². The average Bonchev–Trinajstić information content (AvgIpc) is 3.23. The fourth-order valence-corrected chi connectivity index (χ4v) is 3.56. The number of nitrogens with one attached hydrogen (secondary N) is 1. The van der Waals surface area contributed by atoms with Crippen LogP contribution in [-0.2, 0) is 35.6 Å². The monoisotopic (exact) mass is 488 g/mol. The molecular formula is C19H21ClN2O9S. The Labute approximate surface area is 188 Å². The highest BCUT2D eigenvalue weighted by atomic mass is 35.5. The number of anilines is 1. The van der Waals surface area contributed by atoms with Crippen LogP contribution in [0.4, 0.5) is 5.69 Å². The third kappa shape index (κ3) is 7.64. The molecule has 4 N–H and O–H groups in total. The molecule has 0 fully saturated rings. The first-order chi connectivity index (χ1) is 15.1. The Morgan fingerprint density at radius 1 is 1.19 bits per heavy atom. The number of ketones is 1. The van der Waals surface area contributed by atoms with E-state index < -0.39 is 32.6 Å². The molecule has 0 radical (unpaired) electrons. The summed E-state index contributed by atoms with van der Waals surface area (Å²) in [6.45, 7) is 0.166. The van der Waals surface area contributed by atoms with Gasteiger partial charge >= 0.3 is 11.9 Å². The van der Waals surface area contributed by atoms with E-state index in [9.17, 15) is 22.8 Å². The van der Waals surface area contributed by atoms with Crippen LogP contribution in [0.15, 0.2) is 39.8 Å². The number of rotatable bonds is 13. The first-order valence-corrected chi connectivity index (χ1v) is 11.2. The second kappa shape index (κ2) is 11.6. The largest absolute Gasteiger partial charge is 0.475 e. The zero-order valence-corrected chi connectivity index (χ0v) is 18.3. The number of benzene rings is 1. The van der Waals surface area contributed by atoms with Crippen molar-refractivity contribution in [2.24, 2.45) is 5.14 Å². The highest BCUT2D eigenvalue weighted by molar-refractivity contribution is 7.89. The molecule has 0 spiro atoms. The second-order valence-corrected chi connectivity index (χ2v) is 8.32. The van der Waals surface area contributed by atoms with Crippen LogP contribution < -0.4 is 10.5 Å². The molecule has 0 aliphatic rings. The van der Waals surface area contributed by atoms with Crippen molar-refractivity contribution >= 4 is 45.0 Å². The molecular weight excluding hydrogens is 468 g/mol. The molecule has 0 amide bonds. The second-order valence-electron chi connectivity index (χ2n) is 6.39. The lowest BCUT2D eigenvalue weighted by molar-refractivity contribution is -0.149. The quantitative estimate of drug-likeness (QED) is 0.214. The van der Waals surface area contributed by atoms with E-state index in [1.165, 1.54) is 12.3 Å². The van der Waals surface area contributed by atoms with Gasteiger partial charge in [-0.1, -0.05) is 11.6 Å². The van der Waals surface area contributed by atoms with Crippen molar-refractivity contribution in [3.8, 4) is 0 Å². The van der Waals surface area contributed by atoms with Crippen molar-refractivity contribution in [2.45, 2.75) is 24.3 Å². The number of halogens is 1. The van der Waals surface area contributed by atoms with E-state index in [2.05, 4.69) is 5.32 Å². The van der Waals surface area contributed by atoms with Gasteiger partial charge in [-0.05, 0) is 24.3 Å². The number of Topliss-reactive ketones (excluding diaryl/α,β-unsaturated/α-hetero) is 1. The molecule has 0 bridgehead atoms. The molecule has 1 aromatic carbocycles. The average molecular weight is 489 g/mol. The molecule has 11 nitrogen and oxygen atoms in total. The van der Waals surface area contributed by atoms with Crippen LogP contribution in [0.25, 0.3) is 0 Å². The lowest BCUT2D eigenvalue weighted by Gasteiger charge is -2.14. The molecule has 2 aromatic rings. The zero-order chi connectivity index (χ0) is 23.7. The van der Waals surface area contributed by atoms with Gasteiger partial charge in [-0.3, -0.25) is 4.79 Å². The Kier molecular flexibility index (Phi) is 9.20. The number of nitrogens with two attached hydrogens (primary N) is 1. The summed E-state index contributed by atoms with van der Waals surface area (Å²) >= 11 is 6.02. The zero-order valence-electron chi connectivity index (χ0n) is 16.7. The predicted octanol–water partition coefficient (Wildman–Crippen LogP) is 1.80. The van der Waals surface area contributed by atoms with Crippen LogP contribution >= 0.6 is 11.6 Å². The standard InChI is InChI=1S/C19H21ClN2O9S/c20-14-10-15(22-11-12-3-1-6-30-12)13(9-17(14)32(21,27)28)19(26)31-7-2-5-29-8-4-16(23)18(24)25/h1,3,6,9-10,22H,2,4-5,7-8,11H2,(H,24,25)(H2,21,27,28). The molecule has 174 valence electrons. The highest BCUT2D eigenvalue weighted by Gasteiger charge is 2.21. The number of carboxylic acids is 1. The first kappa shape index (κ1) is 25.3. The van der Waals surface area contributed by atoms with E-state index in [1.54, 1.807) is 12.1 Å². The minimum Gasteiger partial charge on any atom is -0.475 e. The van der Waals surface area contributed by atoms with Gasteiger partial charge in [0.25, 0.3) is 0 Å². The van der Waals surface area contributed by atoms with Crippen LogP contribution in [0.3, 0.4) is 0 Å². The molecule has 1 heterocycles. The van der Waals surface area contributed by atoms with Crippen molar-refractivity contribution in [3.05, 3.63) is 46.9 Å². The molecule has 1 aromatic heterocycles. The molecule has 13 heteroatoms. The number of carbonyl (C=O) groups excluding carboxylic acids is 2. The third-order valence-electron chi connectivity index (χ3n) is 4.01. The van der Waals surface area contributed by atoms with Crippen molar-refractivity contribution in [2.75, 3.05) is 25.1 Å². The highest BCUT2D eigenvalue weighted by Crippen LogP contribution is 2.29. The molecule has 0 unspecified atom stereocenters. The molecule has 0 saturated heterocycles. The maximum Gasteiger partial charge on any atom is 0.372 e. The lowest BCUT2D eigenvalue weighted by Crippen LogP contribution is -2.17. The number of ether oxygens (including phenoxy) is 2. The minimum absolute atomic E-state index is 0.0727. The summed E-state index contributed by atoms with van der Waals surface area (Å²) in [7, 11) is -4.19. The van der Waals surface area contributed by atoms with Gasteiger partial charge in [-0.15, -0.1) is 0 Å². The van der Waals surface area contributed by atoms with Gasteiger partial charge in [0.1, 0.15) is 10.7 Å². The first-order valence-electron chi connectivity index (χ1n) is 9.23. The summed E-state index contributed by atoms with van der Waals surface area (Å²) in [4.78, 5) is 33.5. The Bertz CT molecular complexity index is 1070. The van der Waals surface area contributed by atoms with Crippen molar-refractivity contribution in [1.29, 1.82) is 0 Å². The Balaban J connectivity index is 1.99. The number of hydrogen-bond donors (Lipinski definition) is 3. The number of sulfonamides is 1. The topological polar surface area (TPSA) is 175 Å². The van der Waals surface area contributed by atoms with Gasteiger partial charge in [0.05, 0.1) is 42.3 Å². The van der Waals surface area contributed by atoms with Gasteiger partial charge in [0.2, 0.25) is 15.8 Å². The summed E-state index contributed by atoms with van der Waals surface area (Å²) < 4.78 is 39.0. The Morgan fingerprint density at radius 3 is 2.56 bits per heavy atom. The van der Waals surface area contributed by atoms with E-state index in [-0.39, 0.29) is 55.5 Å². The fraction of sp³-hybridized carbons (Fsp3) is 0.316. The van der Waals surface area contributed by atoms with E-state index in [0.717, 1.165) is 6.07 Å². The molecule has 32 heavy (non-hydrogen) atoms. The molecule has 0 aliphatic heterocycles. The summed E-state index contributed by atoms with van der Waals surface area (Å²) in [5.74, 6) is -2.75. The lowest BCUT2D eigenvalue weighted by atomic mass is 10.1. The number of primary sulfonamides is 1. The van der Waals surface area contributed by atoms with Gasteiger partial charge in [-0.25, -0.2) is 23.1 Å². The molecule has 0 atom stereocenters. The maximum atomic E-state index is 12.6. The van der Waals surface area contributed by atoms with Crippen LogP contribution in [0, 0.1) is 0 Å². The smallest absolute Gasteiger partial charge is 0.372 e. The van der Waals surface area contributed by atoms with Crippen LogP contribution in [-0.4, -0.2) is 51.1 Å². The van der Waals surface area contributed by atoms with Crippen LogP contribution in [0.1, 0.15) is 29.0 Å². The number of furan rings is 1.